The molecule has 0 saturated carbocycles. The fourth-order valence-electron chi connectivity index (χ4n) is 1.98. The molecule has 110 valence electrons. The minimum Gasteiger partial charge on any atom is -0.478 e. The van der Waals surface area contributed by atoms with Crippen molar-refractivity contribution in [3.63, 3.8) is 0 Å². The van der Waals surface area contributed by atoms with Crippen LogP contribution in [0.25, 0.3) is 0 Å². The molecule has 1 aromatic carbocycles. The largest absolute Gasteiger partial charge is 0.478 e. The van der Waals surface area contributed by atoms with Crippen LogP contribution in [0.15, 0.2) is 12.1 Å². The molecule has 0 heterocycles. The van der Waals surface area contributed by atoms with Gasteiger partial charge in [-0.1, -0.05) is 0 Å². The van der Waals surface area contributed by atoms with E-state index in [1.807, 2.05) is 11.8 Å². The monoisotopic (exact) mass is 282 g/mol. The van der Waals surface area contributed by atoms with Gasteiger partial charge in [0, 0.05) is 32.0 Å². The second-order valence-corrected chi connectivity index (χ2v) is 4.27. The van der Waals surface area contributed by atoms with Gasteiger partial charge in [0.15, 0.2) is 0 Å². The van der Waals surface area contributed by atoms with Crippen LogP contribution in [-0.4, -0.2) is 42.8 Å². The highest BCUT2D eigenvalue weighted by Gasteiger charge is 2.21. The molecule has 0 fully saturated rings. The predicted molar refractivity (Wildman–Crippen MR) is 74.6 cm³/mol. The van der Waals surface area contributed by atoms with Crippen molar-refractivity contribution >= 4 is 17.3 Å². The van der Waals surface area contributed by atoms with Crippen molar-refractivity contribution in [3.05, 3.63) is 33.4 Å². The van der Waals surface area contributed by atoms with Gasteiger partial charge in [-0.15, -0.1) is 0 Å². The van der Waals surface area contributed by atoms with E-state index in [4.69, 9.17) is 9.84 Å². The molecule has 1 N–H and O–H groups in total. The average Bonchev–Trinajstić information content (AvgIpc) is 2.40. The maximum Gasteiger partial charge on any atom is 0.336 e. The topological polar surface area (TPSA) is 92.9 Å². The van der Waals surface area contributed by atoms with E-state index >= 15 is 0 Å². The van der Waals surface area contributed by atoms with E-state index in [-0.39, 0.29) is 11.3 Å². The molecule has 7 nitrogen and oxygen atoms in total. The summed E-state index contributed by atoms with van der Waals surface area (Å²) < 4.78 is 5.00. The molecule has 1 aromatic rings. The molecular formula is C13H18N2O5. The van der Waals surface area contributed by atoms with Gasteiger partial charge < -0.3 is 14.7 Å². The first-order chi connectivity index (χ1) is 9.42. The molecule has 0 amide bonds. The first-order valence-electron chi connectivity index (χ1n) is 6.18. The molecule has 0 aliphatic heterocycles. The van der Waals surface area contributed by atoms with Crippen LogP contribution in [-0.2, 0) is 4.74 Å². The lowest BCUT2D eigenvalue weighted by atomic mass is 10.1. The number of hydrogen-bond donors (Lipinski definition) is 1. The third-order valence-electron chi connectivity index (χ3n) is 3.08. The number of carbonyl (C=O) groups is 1. The van der Waals surface area contributed by atoms with Gasteiger partial charge in [-0.05, 0) is 19.9 Å². The van der Waals surface area contributed by atoms with E-state index < -0.39 is 10.9 Å². The van der Waals surface area contributed by atoms with E-state index in [1.165, 1.54) is 6.07 Å². The number of carboxylic acids is 1. The van der Waals surface area contributed by atoms with E-state index in [0.717, 1.165) is 6.07 Å². The lowest BCUT2D eigenvalue weighted by Gasteiger charge is -2.24. The second-order valence-electron chi connectivity index (χ2n) is 4.27. The summed E-state index contributed by atoms with van der Waals surface area (Å²) in [5.41, 5.74) is 0.734. The number of nitro benzene ring substituents is 1. The van der Waals surface area contributed by atoms with Gasteiger partial charge in [-0.2, -0.15) is 0 Å². The normalized spacial score (nSPS) is 10.3. The zero-order chi connectivity index (χ0) is 15.3. The number of nitrogens with zero attached hydrogens (tertiary/aromatic N) is 2. The fraction of sp³-hybridized carbons (Fsp3) is 0.462. The SMILES string of the molecule is CCN(CCOC)c1cc(C(=O)O)cc([N+](=O)[O-])c1C. The summed E-state index contributed by atoms with van der Waals surface area (Å²) in [5.74, 6) is -1.18. The number of ether oxygens (including phenoxy) is 1. The third-order valence-corrected chi connectivity index (χ3v) is 3.08. The van der Waals surface area contributed by atoms with Crippen molar-refractivity contribution in [2.75, 3.05) is 31.7 Å². The highest BCUT2D eigenvalue weighted by atomic mass is 16.6. The Hall–Kier alpha value is -2.15. The zero-order valence-electron chi connectivity index (χ0n) is 11.8. The number of carboxylic acid groups (broad SMARTS) is 1. The van der Waals surface area contributed by atoms with Gasteiger partial charge in [-0.25, -0.2) is 4.79 Å². The van der Waals surface area contributed by atoms with Crippen LogP contribution in [0, 0.1) is 17.0 Å². The Labute approximate surface area is 116 Å². The highest BCUT2D eigenvalue weighted by Crippen LogP contribution is 2.30. The molecule has 0 aromatic heterocycles. The second kappa shape index (κ2) is 6.85. The Balaban J connectivity index is 3.35. The van der Waals surface area contributed by atoms with Crippen LogP contribution in [0.3, 0.4) is 0 Å². The summed E-state index contributed by atoms with van der Waals surface area (Å²) in [7, 11) is 1.57. The summed E-state index contributed by atoms with van der Waals surface area (Å²) in [5, 5.41) is 20.1. The highest BCUT2D eigenvalue weighted by molar-refractivity contribution is 5.90. The Bertz CT molecular complexity index is 516. The standard InChI is InChI=1S/C13H18N2O5/c1-4-14(5-6-20-3)11-7-10(13(16)17)8-12(9(11)2)15(18)19/h7-8H,4-6H2,1-3H3,(H,16,17). The molecule has 20 heavy (non-hydrogen) atoms. The molecule has 0 atom stereocenters. The molecule has 1 rings (SSSR count). The Morgan fingerprint density at radius 2 is 2.15 bits per heavy atom. The molecule has 0 saturated heterocycles. The molecule has 0 unspecified atom stereocenters. The average molecular weight is 282 g/mol. The first kappa shape index (κ1) is 15.9. The summed E-state index contributed by atoms with van der Waals surface area (Å²) >= 11 is 0. The molecule has 0 aliphatic rings. The lowest BCUT2D eigenvalue weighted by molar-refractivity contribution is -0.385. The minimum absolute atomic E-state index is 0.0897. The van der Waals surface area contributed by atoms with Gasteiger partial charge in [-0.3, -0.25) is 10.1 Å². The zero-order valence-corrected chi connectivity index (χ0v) is 11.8. The Morgan fingerprint density at radius 3 is 2.60 bits per heavy atom. The van der Waals surface area contributed by atoms with Crippen LogP contribution in [0.5, 0.6) is 0 Å². The van der Waals surface area contributed by atoms with Gasteiger partial charge in [0.2, 0.25) is 0 Å². The van der Waals surface area contributed by atoms with Crippen LogP contribution >= 0.6 is 0 Å². The molecule has 0 radical (unpaired) electrons. The Kier molecular flexibility index (Phi) is 5.45. The van der Waals surface area contributed by atoms with Gasteiger partial charge in [0.1, 0.15) is 0 Å². The van der Waals surface area contributed by atoms with Crippen LogP contribution in [0.4, 0.5) is 11.4 Å². The summed E-state index contributed by atoms with van der Waals surface area (Å²) in [6, 6.07) is 2.55. The number of benzene rings is 1. The maximum absolute atomic E-state index is 11.1. The summed E-state index contributed by atoms with van der Waals surface area (Å²) in [4.78, 5) is 23.4. The van der Waals surface area contributed by atoms with Crippen LogP contribution in [0.1, 0.15) is 22.8 Å². The number of methoxy groups -OCH3 is 1. The maximum atomic E-state index is 11.1. The molecule has 0 aliphatic carbocycles. The van der Waals surface area contributed by atoms with Crippen molar-refractivity contribution in [2.45, 2.75) is 13.8 Å². The summed E-state index contributed by atoms with van der Waals surface area (Å²) in [6.45, 7) is 5.11. The third kappa shape index (κ3) is 3.45. The van der Waals surface area contributed by atoms with Crippen molar-refractivity contribution < 1.29 is 19.6 Å². The molecular weight excluding hydrogens is 264 g/mol. The number of nitro groups is 1. The molecule has 7 heteroatoms. The van der Waals surface area contributed by atoms with E-state index in [2.05, 4.69) is 0 Å². The van der Waals surface area contributed by atoms with E-state index in [9.17, 15) is 14.9 Å². The van der Waals surface area contributed by atoms with Crippen molar-refractivity contribution in [2.24, 2.45) is 0 Å². The fourth-order valence-corrected chi connectivity index (χ4v) is 1.98. The number of rotatable bonds is 7. The lowest BCUT2D eigenvalue weighted by Crippen LogP contribution is -2.28. The van der Waals surface area contributed by atoms with Crippen LogP contribution in [0.2, 0.25) is 0 Å². The van der Waals surface area contributed by atoms with Gasteiger partial charge in [0.05, 0.1) is 22.7 Å². The van der Waals surface area contributed by atoms with Crippen molar-refractivity contribution in [1.82, 2.24) is 0 Å². The molecule has 0 spiro atoms. The van der Waals surface area contributed by atoms with E-state index in [0.29, 0.717) is 30.9 Å². The van der Waals surface area contributed by atoms with Crippen molar-refractivity contribution in [1.29, 1.82) is 0 Å². The smallest absolute Gasteiger partial charge is 0.336 e. The number of likely N-dealkylation sites (N-methyl/N-ethyl adjacent to an activating group) is 1. The Morgan fingerprint density at radius 1 is 1.50 bits per heavy atom. The number of anilines is 1. The van der Waals surface area contributed by atoms with Crippen molar-refractivity contribution in [3.8, 4) is 0 Å². The van der Waals surface area contributed by atoms with E-state index in [1.54, 1.807) is 14.0 Å². The predicted octanol–water partition coefficient (Wildman–Crippen LogP) is 2.07. The van der Waals surface area contributed by atoms with Crippen LogP contribution < -0.4 is 4.90 Å². The van der Waals surface area contributed by atoms with Gasteiger partial charge in [0.25, 0.3) is 5.69 Å². The first-order valence-corrected chi connectivity index (χ1v) is 6.18. The molecule has 0 bridgehead atoms. The quantitative estimate of drug-likeness (QED) is 0.608. The number of hydrogen-bond acceptors (Lipinski definition) is 5. The minimum atomic E-state index is -1.18. The van der Waals surface area contributed by atoms with Gasteiger partial charge >= 0.3 is 5.97 Å². The number of aromatic carboxylic acids is 1. The summed E-state index contributed by atoms with van der Waals surface area (Å²) in [6.07, 6.45) is 0.